The van der Waals surface area contributed by atoms with Crippen molar-refractivity contribution in [2.45, 2.75) is 58.7 Å². The summed E-state index contributed by atoms with van der Waals surface area (Å²) >= 11 is 0. The van der Waals surface area contributed by atoms with E-state index in [1.165, 1.54) is 0 Å². The lowest BCUT2D eigenvalue weighted by Gasteiger charge is -2.21. The van der Waals surface area contributed by atoms with Gasteiger partial charge in [-0.1, -0.05) is 13.8 Å². The van der Waals surface area contributed by atoms with Crippen molar-refractivity contribution in [2.75, 3.05) is 0 Å². The summed E-state index contributed by atoms with van der Waals surface area (Å²) in [5.74, 6) is 0.888. The van der Waals surface area contributed by atoms with Crippen molar-refractivity contribution in [1.82, 2.24) is 10.6 Å². The first-order chi connectivity index (χ1) is 8.58. The molecule has 0 aliphatic carbocycles. The van der Waals surface area contributed by atoms with Gasteiger partial charge in [0.05, 0.1) is 18.3 Å². The summed E-state index contributed by atoms with van der Waals surface area (Å²) in [6.07, 6.45) is 3.56. The number of hydrogen-bond donors (Lipinski definition) is 2. The second-order valence-corrected chi connectivity index (χ2v) is 4.65. The van der Waals surface area contributed by atoms with Crippen molar-refractivity contribution in [3.05, 3.63) is 24.2 Å². The van der Waals surface area contributed by atoms with Crippen LogP contribution in [0.2, 0.25) is 0 Å². The number of hydrogen-bond acceptors (Lipinski definition) is 3. The van der Waals surface area contributed by atoms with E-state index in [4.69, 9.17) is 4.42 Å². The van der Waals surface area contributed by atoms with Gasteiger partial charge < -0.3 is 9.73 Å². The molecule has 18 heavy (non-hydrogen) atoms. The van der Waals surface area contributed by atoms with Gasteiger partial charge in [-0.3, -0.25) is 10.1 Å². The van der Waals surface area contributed by atoms with Gasteiger partial charge in [0, 0.05) is 6.04 Å². The van der Waals surface area contributed by atoms with Gasteiger partial charge in [-0.25, -0.2) is 0 Å². The fourth-order valence-corrected chi connectivity index (χ4v) is 1.89. The van der Waals surface area contributed by atoms with Crippen LogP contribution in [0.1, 0.15) is 52.3 Å². The lowest BCUT2D eigenvalue weighted by atomic mass is 10.1. The highest BCUT2D eigenvalue weighted by Crippen LogP contribution is 2.13. The van der Waals surface area contributed by atoms with E-state index < -0.39 is 0 Å². The molecule has 0 aliphatic heterocycles. The Kier molecular flexibility index (Phi) is 5.92. The number of rotatable bonds is 7. The molecule has 102 valence electrons. The summed E-state index contributed by atoms with van der Waals surface area (Å²) in [5, 5.41) is 6.26. The van der Waals surface area contributed by atoms with Gasteiger partial charge in [-0.15, -0.1) is 0 Å². The van der Waals surface area contributed by atoms with Crippen molar-refractivity contribution in [2.24, 2.45) is 0 Å². The van der Waals surface area contributed by atoms with E-state index in [9.17, 15) is 4.79 Å². The highest BCUT2D eigenvalue weighted by molar-refractivity contribution is 5.81. The average molecular weight is 252 g/mol. The van der Waals surface area contributed by atoms with Crippen molar-refractivity contribution >= 4 is 5.91 Å². The minimum absolute atomic E-state index is 0.0300. The van der Waals surface area contributed by atoms with Crippen LogP contribution < -0.4 is 10.6 Å². The van der Waals surface area contributed by atoms with Crippen LogP contribution in [0.15, 0.2) is 22.8 Å². The molecule has 1 aromatic heterocycles. The van der Waals surface area contributed by atoms with Crippen molar-refractivity contribution in [3.63, 3.8) is 0 Å². The average Bonchev–Trinajstić information content (AvgIpc) is 2.89. The molecule has 0 spiro atoms. The Morgan fingerprint density at radius 3 is 2.50 bits per heavy atom. The van der Waals surface area contributed by atoms with E-state index in [1.54, 1.807) is 6.26 Å². The number of furan rings is 1. The van der Waals surface area contributed by atoms with E-state index in [-0.39, 0.29) is 24.0 Å². The fourth-order valence-electron chi connectivity index (χ4n) is 1.89. The molecular formula is C14H24N2O2. The van der Waals surface area contributed by atoms with E-state index in [0.717, 1.165) is 18.6 Å². The van der Waals surface area contributed by atoms with Crippen LogP contribution in [0.5, 0.6) is 0 Å². The van der Waals surface area contributed by atoms with Crippen molar-refractivity contribution in [1.29, 1.82) is 0 Å². The monoisotopic (exact) mass is 252 g/mol. The Morgan fingerprint density at radius 1 is 1.33 bits per heavy atom. The van der Waals surface area contributed by atoms with E-state index >= 15 is 0 Å². The van der Waals surface area contributed by atoms with Crippen LogP contribution in [-0.4, -0.2) is 18.0 Å². The molecule has 0 radical (unpaired) electrons. The van der Waals surface area contributed by atoms with Gasteiger partial charge in [-0.2, -0.15) is 0 Å². The molecule has 0 fully saturated rings. The molecule has 1 rings (SSSR count). The number of nitrogens with one attached hydrogen (secondary N) is 2. The third-order valence-electron chi connectivity index (χ3n) is 3.20. The molecule has 0 saturated heterocycles. The maximum atomic E-state index is 12.0. The Balaban J connectivity index is 2.44. The molecule has 0 aliphatic rings. The fraction of sp³-hybridized carbons (Fsp3) is 0.643. The standard InChI is InChI=1S/C14H24N2O2/c1-5-12(6-2)16-14(17)11(4)15-10(3)13-8-7-9-18-13/h7-12,15H,5-6H2,1-4H3,(H,16,17)/t10-,11?/m1/s1. The highest BCUT2D eigenvalue weighted by Gasteiger charge is 2.19. The molecule has 1 aromatic rings. The largest absolute Gasteiger partial charge is 0.468 e. The summed E-state index contributed by atoms with van der Waals surface area (Å²) in [6.45, 7) is 8.02. The number of carbonyl (C=O) groups is 1. The molecule has 0 bridgehead atoms. The summed E-state index contributed by atoms with van der Waals surface area (Å²) in [4.78, 5) is 12.0. The summed E-state index contributed by atoms with van der Waals surface area (Å²) in [7, 11) is 0. The second-order valence-electron chi connectivity index (χ2n) is 4.65. The molecule has 4 nitrogen and oxygen atoms in total. The normalized spacial score (nSPS) is 14.5. The van der Waals surface area contributed by atoms with Gasteiger partial charge in [0.25, 0.3) is 0 Å². The first-order valence-corrected chi connectivity index (χ1v) is 6.68. The summed E-state index contributed by atoms with van der Waals surface area (Å²) in [5.41, 5.74) is 0. The smallest absolute Gasteiger partial charge is 0.237 e. The zero-order valence-electron chi connectivity index (χ0n) is 11.7. The lowest BCUT2D eigenvalue weighted by Crippen LogP contribution is -2.46. The van der Waals surface area contributed by atoms with Crippen LogP contribution >= 0.6 is 0 Å². The Morgan fingerprint density at radius 2 is 2.00 bits per heavy atom. The third-order valence-corrected chi connectivity index (χ3v) is 3.20. The van der Waals surface area contributed by atoms with E-state index in [0.29, 0.717) is 0 Å². The zero-order valence-corrected chi connectivity index (χ0v) is 11.7. The van der Waals surface area contributed by atoms with Crippen LogP contribution in [0.4, 0.5) is 0 Å². The third kappa shape index (κ3) is 4.18. The molecule has 4 heteroatoms. The highest BCUT2D eigenvalue weighted by atomic mass is 16.3. The quantitative estimate of drug-likeness (QED) is 0.784. The predicted molar refractivity (Wildman–Crippen MR) is 72.2 cm³/mol. The van der Waals surface area contributed by atoms with Gasteiger partial charge in [0.1, 0.15) is 5.76 Å². The minimum atomic E-state index is -0.231. The number of carbonyl (C=O) groups excluding carboxylic acids is 1. The molecule has 1 amide bonds. The molecular weight excluding hydrogens is 228 g/mol. The number of amides is 1. The van der Waals surface area contributed by atoms with Crippen LogP contribution in [-0.2, 0) is 4.79 Å². The van der Waals surface area contributed by atoms with Crippen LogP contribution in [0.25, 0.3) is 0 Å². The summed E-state index contributed by atoms with van der Waals surface area (Å²) < 4.78 is 5.31. The maximum Gasteiger partial charge on any atom is 0.237 e. The Labute approximate surface area is 109 Å². The Hall–Kier alpha value is -1.29. The SMILES string of the molecule is CCC(CC)NC(=O)C(C)N[C@H](C)c1ccco1. The summed E-state index contributed by atoms with van der Waals surface area (Å²) in [6, 6.07) is 3.82. The van der Waals surface area contributed by atoms with Crippen molar-refractivity contribution < 1.29 is 9.21 Å². The van der Waals surface area contributed by atoms with Gasteiger partial charge in [-0.05, 0) is 38.8 Å². The molecule has 2 atom stereocenters. The Bertz CT molecular complexity index is 345. The molecule has 1 heterocycles. The first kappa shape index (κ1) is 14.8. The van der Waals surface area contributed by atoms with E-state index in [1.807, 2.05) is 26.0 Å². The molecule has 2 N–H and O–H groups in total. The first-order valence-electron chi connectivity index (χ1n) is 6.68. The topological polar surface area (TPSA) is 54.3 Å². The van der Waals surface area contributed by atoms with Crippen molar-refractivity contribution in [3.8, 4) is 0 Å². The van der Waals surface area contributed by atoms with Crippen LogP contribution in [0, 0.1) is 0 Å². The van der Waals surface area contributed by atoms with Gasteiger partial charge >= 0.3 is 0 Å². The van der Waals surface area contributed by atoms with E-state index in [2.05, 4.69) is 24.5 Å². The second kappa shape index (κ2) is 7.21. The predicted octanol–water partition coefficient (Wildman–Crippen LogP) is 2.62. The molecule has 1 unspecified atom stereocenters. The zero-order chi connectivity index (χ0) is 13.5. The van der Waals surface area contributed by atoms with Gasteiger partial charge in [0.2, 0.25) is 5.91 Å². The minimum Gasteiger partial charge on any atom is -0.468 e. The molecule has 0 saturated carbocycles. The lowest BCUT2D eigenvalue weighted by molar-refractivity contribution is -0.123. The van der Waals surface area contributed by atoms with Gasteiger partial charge in [0.15, 0.2) is 0 Å². The molecule has 0 aromatic carbocycles. The maximum absolute atomic E-state index is 12.0. The van der Waals surface area contributed by atoms with Crippen LogP contribution in [0.3, 0.4) is 0 Å².